The van der Waals surface area contributed by atoms with E-state index >= 15 is 0 Å². The molecule has 0 saturated carbocycles. The van der Waals surface area contributed by atoms with Crippen LogP contribution in [0.1, 0.15) is 40.2 Å². The van der Waals surface area contributed by atoms with E-state index in [1.54, 1.807) is 0 Å². The number of benzene rings is 1. The van der Waals surface area contributed by atoms with Crippen molar-refractivity contribution in [2.75, 3.05) is 5.32 Å². The minimum atomic E-state index is 0.837. The SMILES string of the molecule is Cc1ccc(C)c(Nc2nc(C)nc3sc4c(c23)CCCC4)c1. The summed E-state index contributed by atoms with van der Waals surface area (Å²) in [6.07, 6.45) is 4.92. The lowest BCUT2D eigenvalue weighted by molar-refractivity contribution is 0.700. The Morgan fingerprint density at radius 2 is 1.87 bits per heavy atom. The van der Waals surface area contributed by atoms with Crippen molar-refractivity contribution in [3.63, 3.8) is 0 Å². The highest BCUT2D eigenvalue weighted by Crippen LogP contribution is 2.39. The van der Waals surface area contributed by atoms with Gasteiger partial charge in [0.25, 0.3) is 0 Å². The number of aryl methyl sites for hydroxylation is 5. The molecular formula is C19H21N3S. The van der Waals surface area contributed by atoms with E-state index in [0.717, 1.165) is 28.6 Å². The second-order valence-electron chi connectivity index (χ2n) is 6.45. The first-order chi connectivity index (χ1) is 11.1. The molecule has 2 aromatic heterocycles. The van der Waals surface area contributed by atoms with Crippen molar-refractivity contribution < 1.29 is 0 Å². The van der Waals surface area contributed by atoms with Crippen LogP contribution in [0.4, 0.5) is 11.5 Å². The van der Waals surface area contributed by atoms with Gasteiger partial charge in [-0.15, -0.1) is 11.3 Å². The maximum atomic E-state index is 4.73. The van der Waals surface area contributed by atoms with Gasteiger partial charge in [-0.05, 0) is 69.2 Å². The highest BCUT2D eigenvalue weighted by molar-refractivity contribution is 7.19. The Hall–Kier alpha value is -1.94. The van der Waals surface area contributed by atoms with Crippen LogP contribution in [-0.4, -0.2) is 9.97 Å². The second-order valence-corrected chi connectivity index (χ2v) is 7.54. The van der Waals surface area contributed by atoms with Crippen molar-refractivity contribution in [2.45, 2.75) is 46.5 Å². The van der Waals surface area contributed by atoms with Crippen LogP contribution in [0.2, 0.25) is 0 Å². The third-order valence-electron chi connectivity index (χ3n) is 4.57. The molecule has 0 bridgehead atoms. The van der Waals surface area contributed by atoms with Gasteiger partial charge >= 0.3 is 0 Å². The highest BCUT2D eigenvalue weighted by Gasteiger charge is 2.20. The topological polar surface area (TPSA) is 37.8 Å². The van der Waals surface area contributed by atoms with Crippen LogP contribution >= 0.6 is 11.3 Å². The van der Waals surface area contributed by atoms with Crippen molar-refractivity contribution in [1.29, 1.82) is 0 Å². The van der Waals surface area contributed by atoms with Gasteiger partial charge in [-0.3, -0.25) is 0 Å². The fourth-order valence-corrected chi connectivity index (χ4v) is 4.66. The summed E-state index contributed by atoms with van der Waals surface area (Å²) in [5.41, 5.74) is 5.11. The zero-order valence-electron chi connectivity index (χ0n) is 13.9. The maximum absolute atomic E-state index is 4.73. The quantitative estimate of drug-likeness (QED) is 0.701. The average Bonchev–Trinajstić information content (AvgIpc) is 2.89. The van der Waals surface area contributed by atoms with Crippen LogP contribution in [0.5, 0.6) is 0 Å². The van der Waals surface area contributed by atoms with E-state index in [9.17, 15) is 0 Å². The zero-order chi connectivity index (χ0) is 16.0. The van der Waals surface area contributed by atoms with Crippen LogP contribution < -0.4 is 5.32 Å². The van der Waals surface area contributed by atoms with E-state index in [2.05, 4.69) is 37.4 Å². The van der Waals surface area contributed by atoms with Crippen LogP contribution in [0.3, 0.4) is 0 Å². The van der Waals surface area contributed by atoms with E-state index in [4.69, 9.17) is 9.97 Å². The summed E-state index contributed by atoms with van der Waals surface area (Å²) in [5.74, 6) is 1.81. The Bertz CT molecular complexity index is 895. The molecule has 0 fully saturated rings. The van der Waals surface area contributed by atoms with Gasteiger partial charge in [-0.2, -0.15) is 0 Å². The Labute approximate surface area is 140 Å². The minimum Gasteiger partial charge on any atom is -0.339 e. The zero-order valence-corrected chi connectivity index (χ0v) is 14.7. The highest BCUT2D eigenvalue weighted by atomic mass is 32.1. The molecule has 0 aliphatic heterocycles. The molecule has 4 heteroatoms. The summed E-state index contributed by atoms with van der Waals surface area (Å²) < 4.78 is 0. The fraction of sp³-hybridized carbons (Fsp3) is 0.368. The number of hydrogen-bond acceptors (Lipinski definition) is 4. The van der Waals surface area contributed by atoms with Gasteiger partial charge in [0.2, 0.25) is 0 Å². The molecule has 4 rings (SSSR count). The molecule has 1 aliphatic rings. The average molecular weight is 323 g/mol. The van der Waals surface area contributed by atoms with E-state index in [1.165, 1.54) is 46.2 Å². The summed E-state index contributed by atoms with van der Waals surface area (Å²) in [5, 5.41) is 4.84. The molecule has 1 aliphatic carbocycles. The van der Waals surface area contributed by atoms with Crippen LogP contribution in [-0.2, 0) is 12.8 Å². The number of thiophene rings is 1. The van der Waals surface area contributed by atoms with Crippen molar-refractivity contribution in [3.8, 4) is 0 Å². The monoisotopic (exact) mass is 323 g/mol. The number of rotatable bonds is 2. The summed E-state index contributed by atoms with van der Waals surface area (Å²) in [6.45, 7) is 6.24. The van der Waals surface area contributed by atoms with Gasteiger partial charge in [-0.1, -0.05) is 12.1 Å². The molecule has 0 atom stereocenters. The van der Waals surface area contributed by atoms with Gasteiger partial charge in [0.15, 0.2) is 0 Å². The predicted octanol–water partition coefficient (Wildman–Crippen LogP) is 5.24. The number of fused-ring (bicyclic) bond motifs is 3. The number of nitrogens with zero attached hydrogens (tertiary/aromatic N) is 2. The molecule has 0 radical (unpaired) electrons. The minimum absolute atomic E-state index is 0.837. The normalized spacial score (nSPS) is 14.0. The molecule has 1 aromatic carbocycles. The Morgan fingerprint density at radius 3 is 2.74 bits per heavy atom. The van der Waals surface area contributed by atoms with E-state index in [1.807, 2.05) is 18.3 Å². The molecule has 2 heterocycles. The number of anilines is 2. The molecule has 0 amide bonds. The van der Waals surface area contributed by atoms with E-state index in [0.29, 0.717) is 0 Å². The molecule has 0 unspecified atom stereocenters. The van der Waals surface area contributed by atoms with Crippen molar-refractivity contribution in [1.82, 2.24) is 9.97 Å². The molecule has 3 aromatic rings. The lowest BCUT2D eigenvalue weighted by Gasteiger charge is -2.14. The Kier molecular flexibility index (Phi) is 3.57. The van der Waals surface area contributed by atoms with Gasteiger partial charge in [0.05, 0.1) is 5.39 Å². The van der Waals surface area contributed by atoms with Gasteiger partial charge in [0, 0.05) is 10.6 Å². The van der Waals surface area contributed by atoms with Gasteiger partial charge < -0.3 is 5.32 Å². The Morgan fingerprint density at radius 1 is 1.04 bits per heavy atom. The van der Waals surface area contributed by atoms with E-state index in [-0.39, 0.29) is 0 Å². The van der Waals surface area contributed by atoms with Crippen LogP contribution in [0, 0.1) is 20.8 Å². The molecule has 0 saturated heterocycles. The van der Waals surface area contributed by atoms with Gasteiger partial charge in [0.1, 0.15) is 16.5 Å². The van der Waals surface area contributed by atoms with Crippen LogP contribution in [0.15, 0.2) is 18.2 Å². The third-order valence-corrected chi connectivity index (χ3v) is 5.76. The van der Waals surface area contributed by atoms with Crippen molar-refractivity contribution in [2.24, 2.45) is 0 Å². The Balaban J connectivity index is 1.88. The summed E-state index contributed by atoms with van der Waals surface area (Å²) in [4.78, 5) is 12.1. The third kappa shape index (κ3) is 2.61. The summed E-state index contributed by atoms with van der Waals surface area (Å²) in [6, 6.07) is 6.50. The smallest absolute Gasteiger partial charge is 0.143 e. The number of aromatic nitrogens is 2. The standard InChI is InChI=1S/C19H21N3S/c1-11-8-9-12(2)15(10-11)22-18-17-14-6-4-5-7-16(14)23-19(17)21-13(3)20-18/h8-10H,4-7H2,1-3H3,(H,20,21,22). The largest absolute Gasteiger partial charge is 0.339 e. The number of nitrogens with one attached hydrogen (secondary N) is 1. The lowest BCUT2D eigenvalue weighted by Crippen LogP contribution is -2.03. The first kappa shape index (κ1) is 14.6. The lowest BCUT2D eigenvalue weighted by atomic mass is 9.97. The second kappa shape index (κ2) is 5.60. The van der Waals surface area contributed by atoms with E-state index < -0.39 is 0 Å². The first-order valence-corrected chi connectivity index (χ1v) is 9.06. The summed E-state index contributed by atoms with van der Waals surface area (Å²) >= 11 is 1.85. The van der Waals surface area contributed by atoms with Crippen LogP contribution in [0.25, 0.3) is 10.2 Å². The molecule has 3 nitrogen and oxygen atoms in total. The predicted molar refractivity (Wildman–Crippen MR) is 98.0 cm³/mol. The number of hydrogen-bond donors (Lipinski definition) is 1. The molecule has 23 heavy (non-hydrogen) atoms. The van der Waals surface area contributed by atoms with Gasteiger partial charge in [-0.25, -0.2) is 9.97 Å². The molecular weight excluding hydrogens is 302 g/mol. The van der Waals surface area contributed by atoms with Crippen molar-refractivity contribution in [3.05, 3.63) is 45.6 Å². The molecule has 0 spiro atoms. The summed E-state index contributed by atoms with van der Waals surface area (Å²) in [7, 11) is 0. The fourth-order valence-electron chi connectivity index (χ4n) is 3.35. The molecule has 1 N–H and O–H groups in total. The van der Waals surface area contributed by atoms with Crippen molar-refractivity contribution >= 4 is 33.1 Å². The first-order valence-electron chi connectivity index (χ1n) is 8.25. The maximum Gasteiger partial charge on any atom is 0.143 e. The molecule has 118 valence electrons.